The van der Waals surface area contributed by atoms with Gasteiger partial charge in [0.25, 0.3) is 10.0 Å². The van der Waals surface area contributed by atoms with Crippen molar-refractivity contribution in [1.82, 2.24) is 4.57 Å². The Morgan fingerprint density at radius 3 is 2.60 bits per heavy atom. The molecule has 0 N–H and O–H groups in total. The number of halogens is 1. The largest absolute Gasteiger partial charge is 0.383 e. The van der Waals surface area contributed by atoms with Crippen LogP contribution in [-0.2, 0) is 21.3 Å². The Hall–Kier alpha value is -1.67. The summed E-state index contributed by atoms with van der Waals surface area (Å²) in [6, 6.07) is 12.1. The van der Waals surface area contributed by atoms with Crippen LogP contribution in [-0.4, -0.2) is 26.7 Å². The van der Waals surface area contributed by atoms with Crippen molar-refractivity contribution in [1.29, 1.82) is 0 Å². The van der Waals surface area contributed by atoms with Gasteiger partial charge >= 0.3 is 0 Å². The van der Waals surface area contributed by atoms with Gasteiger partial charge in [-0.1, -0.05) is 40.6 Å². The number of rotatable bonds is 5. The number of benzene rings is 2. The molecule has 0 radical (unpaired) electrons. The molecule has 8 heteroatoms. The van der Waals surface area contributed by atoms with Crippen molar-refractivity contribution in [3.63, 3.8) is 0 Å². The topological polar surface area (TPSA) is 60.7 Å². The van der Waals surface area contributed by atoms with E-state index in [0.29, 0.717) is 23.0 Å². The van der Waals surface area contributed by atoms with Crippen molar-refractivity contribution >= 4 is 43.2 Å². The van der Waals surface area contributed by atoms with Crippen LogP contribution in [0, 0.1) is 6.92 Å². The van der Waals surface area contributed by atoms with Gasteiger partial charge in [-0.05, 0) is 37.3 Å². The average Bonchev–Trinajstić information content (AvgIpc) is 2.88. The molecular weight excluding hydrogens is 380 g/mol. The molecular formula is C17H17ClN2O3S2. The summed E-state index contributed by atoms with van der Waals surface area (Å²) in [5.74, 6) is 0. The lowest BCUT2D eigenvalue weighted by molar-refractivity contribution is 0.187. The summed E-state index contributed by atoms with van der Waals surface area (Å²) < 4.78 is 37.2. The molecule has 132 valence electrons. The molecule has 0 fully saturated rings. The number of hydrogen-bond acceptors (Lipinski definition) is 4. The third kappa shape index (κ3) is 3.95. The van der Waals surface area contributed by atoms with Crippen LogP contribution < -0.4 is 4.80 Å². The van der Waals surface area contributed by atoms with E-state index in [9.17, 15) is 8.42 Å². The van der Waals surface area contributed by atoms with Crippen LogP contribution in [0.25, 0.3) is 10.2 Å². The fourth-order valence-electron chi connectivity index (χ4n) is 2.38. The van der Waals surface area contributed by atoms with Crippen molar-refractivity contribution < 1.29 is 13.2 Å². The predicted octanol–water partition coefficient (Wildman–Crippen LogP) is 3.60. The Labute approximate surface area is 155 Å². The lowest BCUT2D eigenvalue weighted by atomic mass is 10.2. The Morgan fingerprint density at radius 2 is 1.92 bits per heavy atom. The molecule has 1 heterocycles. The fraction of sp³-hybridized carbons (Fsp3) is 0.235. The van der Waals surface area contributed by atoms with Crippen molar-refractivity contribution in [3.05, 3.63) is 57.9 Å². The van der Waals surface area contributed by atoms with E-state index in [2.05, 4.69) is 4.40 Å². The lowest BCUT2D eigenvalue weighted by Crippen LogP contribution is -2.19. The number of aryl methyl sites for hydroxylation is 1. The number of fused-ring (bicyclic) bond motifs is 1. The van der Waals surface area contributed by atoms with Gasteiger partial charge in [-0.25, -0.2) is 0 Å². The maximum atomic E-state index is 12.7. The third-order valence-electron chi connectivity index (χ3n) is 3.68. The molecule has 0 aliphatic heterocycles. The Kier molecular flexibility index (Phi) is 5.29. The van der Waals surface area contributed by atoms with E-state index >= 15 is 0 Å². The minimum atomic E-state index is -3.79. The molecule has 0 bridgehead atoms. The maximum Gasteiger partial charge on any atom is 0.285 e. The Balaban J connectivity index is 2.18. The second-order valence-corrected chi connectivity index (χ2v) is 8.57. The SMILES string of the molecule is COCCn1/c(=N/S(=O)(=O)c2ccc(C)cc2)sc2cc(Cl)ccc21. The van der Waals surface area contributed by atoms with Gasteiger partial charge in [0.1, 0.15) is 0 Å². The van der Waals surface area contributed by atoms with Crippen LogP contribution in [0.3, 0.4) is 0 Å². The molecule has 3 rings (SSSR count). The van der Waals surface area contributed by atoms with E-state index < -0.39 is 10.0 Å². The van der Waals surface area contributed by atoms with Crippen molar-refractivity contribution in [2.75, 3.05) is 13.7 Å². The summed E-state index contributed by atoms with van der Waals surface area (Å²) >= 11 is 7.34. The van der Waals surface area contributed by atoms with Gasteiger partial charge in [0.2, 0.25) is 4.80 Å². The highest BCUT2D eigenvalue weighted by atomic mass is 35.5. The Bertz CT molecular complexity index is 1070. The highest BCUT2D eigenvalue weighted by Crippen LogP contribution is 2.22. The van der Waals surface area contributed by atoms with Gasteiger partial charge in [-0.15, -0.1) is 4.40 Å². The molecule has 1 aromatic heterocycles. The molecule has 0 spiro atoms. The third-order valence-corrected chi connectivity index (χ3v) is 6.35. The molecule has 0 amide bonds. The molecule has 25 heavy (non-hydrogen) atoms. The number of thiazole rings is 1. The van der Waals surface area contributed by atoms with Gasteiger partial charge in [0, 0.05) is 18.7 Å². The second-order valence-electron chi connectivity index (χ2n) is 5.52. The summed E-state index contributed by atoms with van der Waals surface area (Å²) in [6.45, 7) is 2.86. The van der Waals surface area contributed by atoms with Crippen LogP contribution in [0.4, 0.5) is 0 Å². The van der Waals surface area contributed by atoms with Gasteiger partial charge in [0.05, 0.1) is 21.7 Å². The highest BCUT2D eigenvalue weighted by molar-refractivity contribution is 7.90. The standard InChI is InChI=1S/C17H17ClN2O3S2/c1-12-3-6-14(7-4-12)25(21,22)19-17-20(9-10-23-2)15-8-5-13(18)11-16(15)24-17/h3-8,11H,9-10H2,1-2H3/b19-17-. The van der Waals surface area contributed by atoms with Gasteiger partial charge < -0.3 is 9.30 Å². The predicted molar refractivity (Wildman–Crippen MR) is 101 cm³/mol. The van der Waals surface area contributed by atoms with Crippen molar-refractivity contribution in [2.24, 2.45) is 4.40 Å². The molecule has 0 saturated heterocycles. The van der Waals surface area contributed by atoms with Crippen LogP contribution in [0.5, 0.6) is 0 Å². The molecule has 0 aliphatic carbocycles. The van der Waals surface area contributed by atoms with Crippen molar-refractivity contribution in [2.45, 2.75) is 18.4 Å². The molecule has 0 saturated carbocycles. The zero-order valence-electron chi connectivity index (χ0n) is 13.8. The second kappa shape index (κ2) is 7.29. The Morgan fingerprint density at radius 1 is 1.20 bits per heavy atom. The molecule has 5 nitrogen and oxygen atoms in total. The van der Waals surface area contributed by atoms with Crippen LogP contribution >= 0.6 is 22.9 Å². The van der Waals surface area contributed by atoms with Crippen molar-refractivity contribution in [3.8, 4) is 0 Å². The van der Waals surface area contributed by atoms with Gasteiger partial charge in [-0.3, -0.25) is 0 Å². The molecule has 0 atom stereocenters. The highest BCUT2D eigenvalue weighted by Gasteiger charge is 2.15. The van der Waals surface area contributed by atoms with E-state index in [1.165, 1.54) is 11.3 Å². The number of sulfonamides is 1. The monoisotopic (exact) mass is 396 g/mol. The molecule has 0 unspecified atom stereocenters. The number of ether oxygens (including phenoxy) is 1. The first kappa shape index (κ1) is 18.1. The molecule has 0 aliphatic rings. The summed E-state index contributed by atoms with van der Waals surface area (Å²) in [5.41, 5.74) is 1.87. The first-order valence-electron chi connectivity index (χ1n) is 7.56. The summed E-state index contributed by atoms with van der Waals surface area (Å²) in [4.78, 5) is 0.571. The maximum absolute atomic E-state index is 12.7. The van der Waals surface area contributed by atoms with E-state index in [-0.39, 0.29) is 4.90 Å². The van der Waals surface area contributed by atoms with Gasteiger partial charge in [0.15, 0.2) is 0 Å². The van der Waals surface area contributed by atoms with E-state index in [4.69, 9.17) is 16.3 Å². The van der Waals surface area contributed by atoms with E-state index in [0.717, 1.165) is 15.8 Å². The number of aromatic nitrogens is 1. The van der Waals surface area contributed by atoms with E-state index in [1.54, 1.807) is 37.4 Å². The minimum Gasteiger partial charge on any atom is -0.383 e. The molecule has 3 aromatic rings. The first-order chi connectivity index (χ1) is 11.9. The van der Waals surface area contributed by atoms with Crippen LogP contribution in [0.2, 0.25) is 5.02 Å². The number of hydrogen-bond donors (Lipinski definition) is 0. The smallest absolute Gasteiger partial charge is 0.285 e. The van der Waals surface area contributed by atoms with E-state index in [1.807, 2.05) is 23.6 Å². The average molecular weight is 397 g/mol. The minimum absolute atomic E-state index is 0.173. The lowest BCUT2D eigenvalue weighted by Gasteiger charge is -2.04. The zero-order chi connectivity index (χ0) is 18.0. The number of nitrogens with zero attached hydrogens (tertiary/aromatic N) is 2. The van der Waals surface area contributed by atoms with Gasteiger partial charge in [-0.2, -0.15) is 8.42 Å². The number of methoxy groups -OCH3 is 1. The quantitative estimate of drug-likeness (QED) is 0.662. The normalized spacial score (nSPS) is 12.8. The van der Waals surface area contributed by atoms with Crippen LogP contribution in [0.1, 0.15) is 5.56 Å². The summed E-state index contributed by atoms with van der Waals surface area (Å²) in [7, 11) is -2.19. The first-order valence-corrected chi connectivity index (χ1v) is 10.2. The van der Waals surface area contributed by atoms with Crippen LogP contribution in [0.15, 0.2) is 51.8 Å². The summed E-state index contributed by atoms with van der Waals surface area (Å²) in [5, 5.41) is 0.598. The fourth-order valence-corrected chi connectivity index (χ4v) is 4.92. The summed E-state index contributed by atoms with van der Waals surface area (Å²) in [6.07, 6.45) is 0. The zero-order valence-corrected chi connectivity index (χ0v) is 16.2. The molecule has 2 aromatic carbocycles.